The fourth-order valence-electron chi connectivity index (χ4n) is 3.72. The molecular formula is C23H22FNO4. The van der Waals surface area contributed by atoms with Gasteiger partial charge in [0.1, 0.15) is 22.8 Å². The van der Waals surface area contributed by atoms with Crippen molar-refractivity contribution in [2.75, 3.05) is 0 Å². The van der Waals surface area contributed by atoms with Crippen LogP contribution in [0.4, 0.5) is 4.39 Å². The van der Waals surface area contributed by atoms with E-state index in [1.54, 1.807) is 37.3 Å². The smallest absolute Gasteiger partial charge is 0.287 e. The number of hydrogen-bond donors (Lipinski definition) is 1. The molecule has 3 aromatic rings. The van der Waals surface area contributed by atoms with Crippen LogP contribution in [0.3, 0.4) is 0 Å². The Morgan fingerprint density at radius 2 is 2.00 bits per heavy atom. The number of amides is 1. The largest absolute Gasteiger partial charge is 0.486 e. The van der Waals surface area contributed by atoms with Gasteiger partial charge in [0.2, 0.25) is 0 Å². The average Bonchev–Trinajstić information content (AvgIpc) is 3.03. The summed E-state index contributed by atoms with van der Waals surface area (Å²) in [6.07, 6.45) is 0.985. The highest BCUT2D eigenvalue weighted by molar-refractivity contribution is 6.13. The maximum absolute atomic E-state index is 13.8. The molecule has 0 saturated carbocycles. The first-order valence-corrected chi connectivity index (χ1v) is 9.63. The van der Waals surface area contributed by atoms with E-state index in [2.05, 4.69) is 5.32 Å². The van der Waals surface area contributed by atoms with Gasteiger partial charge in [-0.25, -0.2) is 4.39 Å². The van der Waals surface area contributed by atoms with E-state index in [1.165, 1.54) is 6.07 Å². The molecule has 2 heterocycles. The van der Waals surface area contributed by atoms with E-state index in [1.807, 2.05) is 13.8 Å². The fourth-order valence-corrected chi connectivity index (χ4v) is 3.72. The summed E-state index contributed by atoms with van der Waals surface area (Å²) in [5, 5.41) is 3.28. The van der Waals surface area contributed by atoms with Gasteiger partial charge in [-0.15, -0.1) is 0 Å². The standard InChI is InChI=1S/C23H22FNO4/c1-4-23(3)11-16(26)20-18(29-23)10-9-17-19(20)13(2)21(28-17)22(27)25-12-14-7-5-6-8-15(14)24/h5-10H,4,11-12H2,1-3H3,(H,25,27)/t23-/m1/s1. The second-order valence-electron chi connectivity index (χ2n) is 7.65. The zero-order valence-corrected chi connectivity index (χ0v) is 16.6. The predicted octanol–water partition coefficient (Wildman–Crippen LogP) is 4.94. The highest BCUT2D eigenvalue weighted by atomic mass is 19.1. The van der Waals surface area contributed by atoms with Crippen molar-refractivity contribution in [1.29, 1.82) is 0 Å². The zero-order valence-electron chi connectivity index (χ0n) is 16.6. The summed E-state index contributed by atoms with van der Waals surface area (Å²) in [7, 11) is 0. The summed E-state index contributed by atoms with van der Waals surface area (Å²) in [6.45, 7) is 5.68. The number of carbonyl (C=O) groups is 2. The van der Waals surface area contributed by atoms with E-state index < -0.39 is 11.5 Å². The summed E-state index contributed by atoms with van der Waals surface area (Å²) < 4.78 is 25.6. The Bertz CT molecular complexity index is 1130. The molecule has 1 aliphatic heterocycles. The van der Waals surface area contributed by atoms with Crippen LogP contribution in [-0.2, 0) is 6.54 Å². The second kappa shape index (κ2) is 7.03. The van der Waals surface area contributed by atoms with Gasteiger partial charge in [0, 0.05) is 23.1 Å². The molecule has 0 aliphatic carbocycles. The Hall–Kier alpha value is -3.15. The Morgan fingerprint density at radius 1 is 1.24 bits per heavy atom. The van der Waals surface area contributed by atoms with Gasteiger partial charge in [0.25, 0.3) is 5.91 Å². The Kier molecular flexibility index (Phi) is 4.65. The Balaban J connectivity index is 1.68. The van der Waals surface area contributed by atoms with E-state index in [0.29, 0.717) is 39.8 Å². The number of ether oxygens (including phenoxy) is 1. The number of nitrogens with one attached hydrogen (secondary N) is 1. The first-order chi connectivity index (χ1) is 13.8. The van der Waals surface area contributed by atoms with Crippen LogP contribution >= 0.6 is 0 Å². The topological polar surface area (TPSA) is 68.5 Å². The van der Waals surface area contributed by atoms with Crippen molar-refractivity contribution in [3.63, 3.8) is 0 Å². The lowest BCUT2D eigenvalue weighted by Gasteiger charge is -2.34. The summed E-state index contributed by atoms with van der Waals surface area (Å²) in [4.78, 5) is 25.6. The molecule has 4 rings (SSSR count). The minimum absolute atomic E-state index is 0.0246. The number of fused-ring (bicyclic) bond motifs is 3. The molecule has 6 heteroatoms. The maximum atomic E-state index is 13.8. The lowest BCUT2D eigenvalue weighted by Crippen LogP contribution is -2.38. The third-order valence-corrected chi connectivity index (χ3v) is 5.58. The van der Waals surface area contributed by atoms with Gasteiger partial charge in [-0.3, -0.25) is 9.59 Å². The van der Waals surface area contributed by atoms with Gasteiger partial charge in [-0.1, -0.05) is 25.1 Å². The molecule has 0 unspecified atom stereocenters. The summed E-state index contributed by atoms with van der Waals surface area (Å²) in [5.74, 6) is -0.242. The van der Waals surface area contributed by atoms with Gasteiger partial charge >= 0.3 is 0 Å². The van der Waals surface area contributed by atoms with Gasteiger partial charge in [-0.05, 0) is 38.5 Å². The molecule has 1 aromatic heterocycles. The maximum Gasteiger partial charge on any atom is 0.287 e. The Morgan fingerprint density at radius 3 is 2.72 bits per heavy atom. The van der Waals surface area contributed by atoms with Gasteiger partial charge in [-0.2, -0.15) is 0 Å². The third kappa shape index (κ3) is 3.28. The van der Waals surface area contributed by atoms with E-state index in [0.717, 1.165) is 0 Å². The number of hydrogen-bond acceptors (Lipinski definition) is 4. The SMILES string of the molecule is CC[C@]1(C)CC(=O)c2c(ccc3oc(C(=O)NCc4ccccc4F)c(C)c23)O1. The van der Waals surface area contributed by atoms with Crippen LogP contribution in [0, 0.1) is 12.7 Å². The molecular weight excluding hydrogens is 373 g/mol. The molecule has 150 valence electrons. The quantitative estimate of drug-likeness (QED) is 0.679. The number of benzene rings is 2. The van der Waals surface area contributed by atoms with Crippen LogP contribution in [0.15, 0.2) is 40.8 Å². The zero-order chi connectivity index (χ0) is 20.8. The van der Waals surface area contributed by atoms with Crippen molar-refractivity contribution in [3.8, 4) is 5.75 Å². The normalized spacial score (nSPS) is 18.4. The van der Waals surface area contributed by atoms with E-state index in [-0.39, 0.29) is 30.3 Å². The lowest BCUT2D eigenvalue weighted by atomic mass is 9.87. The monoisotopic (exact) mass is 395 g/mol. The Labute approximate surface area is 167 Å². The molecule has 0 spiro atoms. The average molecular weight is 395 g/mol. The molecule has 0 bridgehead atoms. The number of aryl methyl sites for hydroxylation is 1. The van der Waals surface area contributed by atoms with Crippen molar-refractivity contribution in [2.45, 2.75) is 45.8 Å². The number of rotatable bonds is 4. The molecule has 0 saturated heterocycles. The van der Waals surface area contributed by atoms with Crippen molar-refractivity contribution in [3.05, 3.63) is 64.7 Å². The fraction of sp³-hybridized carbons (Fsp3) is 0.304. The van der Waals surface area contributed by atoms with Crippen LogP contribution in [-0.4, -0.2) is 17.3 Å². The molecule has 1 atom stereocenters. The molecule has 1 amide bonds. The lowest BCUT2D eigenvalue weighted by molar-refractivity contribution is 0.0503. The number of halogens is 1. The number of ketones is 1. The first kappa shape index (κ1) is 19.2. The number of furan rings is 1. The number of Topliss-reactive ketones (excluding diaryl/α,β-unsaturated/α-hetero) is 1. The number of carbonyl (C=O) groups excluding carboxylic acids is 2. The molecule has 0 fully saturated rings. The molecule has 1 N–H and O–H groups in total. The summed E-state index contributed by atoms with van der Waals surface area (Å²) in [5.41, 5.74) is 1.33. The van der Waals surface area contributed by atoms with Crippen LogP contribution in [0.1, 0.15) is 58.7 Å². The summed E-state index contributed by atoms with van der Waals surface area (Å²) in [6, 6.07) is 9.68. The van der Waals surface area contributed by atoms with Gasteiger partial charge in [0.15, 0.2) is 11.5 Å². The van der Waals surface area contributed by atoms with Crippen molar-refractivity contribution in [1.82, 2.24) is 5.32 Å². The second-order valence-corrected chi connectivity index (χ2v) is 7.65. The van der Waals surface area contributed by atoms with Crippen LogP contribution in [0.5, 0.6) is 5.75 Å². The van der Waals surface area contributed by atoms with Gasteiger partial charge in [0.05, 0.1) is 12.0 Å². The summed E-state index contributed by atoms with van der Waals surface area (Å²) >= 11 is 0. The van der Waals surface area contributed by atoms with E-state index >= 15 is 0 Å². The van der Waals surface area contributed by atoms with Gasteiger partial charge < -0.3 is 14.5 Å². The molecule has 2 aromatic carbocycles. The predicted molar refractivity (Wildman–Crippen MR) is 107 cm³/mol. The van der Waals surface area contributed by atoms with Crippen LogP contribution in [0.2, 0.25) is 0 Å². The molecule has 0 radical (unpaired) electrons. The van der Waals surface area contributed by atoms with E-state index in [9.17, 15) is 14.0 Å². The molecule has 5 nitrogen and oxygen atoms in total. The molecule has 29 heavy (non-hydrogen) atoms. The highest BCUT2D eigenvalue weighted by Crippen LogP contribution is 2.41. The van der Waals surface area contributed by atoms with Crippen LogP contribution in [0.25, 0.3) is 11.0 Å². The van der Waals surface area contributed by atoms with Crippen molar-refractivity contribution >= 4 is 22.7 Å². The minimum atomic E-state index is -0.532. The van der Waals surface area contributed by atoms with Crippen molar-refractivity contribution in [2.24, 2.45) is 0 Å². The first-order valence-electron chi connectivity index (χ1n) is 9.63. The van der Waals surface area contributed by atoms with E-state index in [4.69, 9.17) is 9.15 Å². The van der Waals surface area contributed by atoms with Crippen LogP contribution < -0.4 is 10.1 Å². The third-order valence-electron chi connectivity index (χ3n) is 5.58. The van der Waals surface area contributed by atoms with Crippen molar-refractivity contribution < 1.29 is 23.1 Å². The highest BCUT2D eigenvalue weighted by Gasteiger charge is 2.37. The minimum Gasteiger partial charge on any atom is -0.486 e. The molecule has 1 aliphatic rings.